The summed E-state index contributed by atoms with van der Waals surface area (Å²) in [6.07, 6.45) is 2.68. The number of aromatic nitrogens is 2. The number of carboxylic acids is 1. The Labute approximate surface area is 98.7 Å². The van der Waals surface area contributed by atoms with Crippen LogP contribution >= 0.6 is 0 Å². The Morgan fingerprint density at radius 2 is 2.24 bits per heavy atom. The van der Waals surface area contributed by atoms with E-state index >= 15 is 0 Å². The topological polar surface area (TPSA) is 95.3 Å². The van der Waals surface area contributed by atoms with Gasteiger partial charge >= 0.3 is 5.97 Å². The van der Waals surface area contributed by atoms with Gasteiger partial charge in [-0.15, -0.1) is 10.2 Å². The summed E-state index contributed by atoms with van der Waals surface area (Å²) in [5.41, 5.74) is -0.0727. The lowest BCUT2D eigenvalue weighted by Gasteiger charge is -2.14. The molecule has 1 aliphatic carbocycles. The highest BCUT2D eigenvalue weighted by atomic mass is 16.4. The number of aliphatic hydroxyl groups is 1. The summed E-state index contributed by atoms with van der Waals surface area (Å²) in [5.74, 6) is -0.305. The number of carboxylic acid groups (broad SMARTS) is 1. The maximum atomic E-state index is 10.6. The van der Waals surface area contributed by atoms with Crippen LogP contribution in [0.1, 0.15) is 29.8 Å². The zero-order valence-electron chi connectivity index (χ0n) is 9.33. The van der Waals surface area contributed by atoms with Crippen molar-refractivity contribution in [2.75, 3.05) is 11.9 Å². The van der Waals surface area contributed by atoms with Gasteiger partial charge < -0.3 is 15.5 Å². The lowest BCUT2D eigenvalue weighted by Crippen LogP contribution is -2.22. The second-order valence-corrected chi connectivity index (χ2v) is 4.25. The third-order valence-electron chi connectivity index (χ3n) is 3.05. The Morgan fingerprint density at radius 3 is 2.76 bits per heavy atom. The molecule has 0 aromatic carbocycles. The molecular weight excluding hydrogens is 222 g/mol. The van der Waals surface area contributed by atoms with E-state index in [9.17, 15) is 9.90 Å². The molecule has 0 radical (unpaired) electrons. The van der Waals surface area contributed by atoms with E-state index in [1.54, 1.807) is 6.07 Å². The molecule has 0 aliphatic heterocycles. The van der Waals surface area contributed by atoms with Gasteiger partial charge in [-0.25, -0.2) is 4.79 Å². The number of hydrogen-bond donors (Lipinski definition) is 3. The van der Waals surface area contributed by atoms with Crippen molar-refractivity contribution in [3.63, 3.8) is 0 Å². The number of rotatable bonds is 4. The van der Waals surface area contributed by atoms with E-state index in [4.69, 9.17) is 5.11 Å². The van der Waals surface area contributed by atoms with Crippen LogP contribution in [0.3, 0.4) is 0 Å². The maximum Gasteiger partial charge on any atom is 0.356 e. The summed E-state index contributed by atoms with van der Waals surface area (Å²) < 4.78 is 0. The van der Waals surface area contributed by atoms with Crippen LogP contribution in [-0.4, -0.2) is 39.0 Å². The van der Waals surface area contributed by atoms with Gasteiger partial charge in [0.25, 0.3) is 0 Å². The Kier molecular flexibility index (Phi) is 3.53. The molecule has 1 aromatic heterocycles. The fourth-order valence-electron chi connectivity index (χ4n) is 2.03. The highest BCUT2D eigenvalue weighted by Gasteiger charge is 2.24. The van der Waals surface area contributed by atoms with E-state index in [-0.39, 0.29) is 17.7 Å². The zero-order valence-corrected chi connectivity index (χ0v) is 9.33. The van der Waals surface area contributed by atoms with Gasteiger partial charge in [0.15, 0.2) is 5.69 Å². The monoisotopic (exact) mass is 237 g/mol. The highest BCUT2D eigenvalue weighted by molar-refractivity contribution is 5.85. The maximum absolute atomic E-state index is 10.6. The van der Waals surface area contributed by atoms with E-state index < -0.39 is 5.97 Å². The molecule has 0 bridgehead atoms. The fraction of sp³-hybridized carbons (Fsp3) is 0.545. The first-order valence-corrected chi connectivity index (χ1v) is 5.66. The number of carbonyl (C=O) groups is 1. The summed E-state index contributed by atoms with van der Waals surface area (Å²) in [6.45, 7) is 0.641. The molecule has 92 valence electrons. The molecule has 1 aromatic rings. The Balaban J connectivity index is 1.88. The van der Waals surface area contributed by atoms with Crippen molar-refractivity contribution in [1.82, 2.24) is 10.2 Å². The minimum atomic E-state index is -1.09. The number of hydrogen-bond acceptors (Lipinski definition) is 5. The first-order chi connectivity index (χ1) is 8.16. The van der Waals surface area contributed by atoms with Crippen molar-refractivity contribution >= 4 is 11.8 Å². The Bertz CT molecular complexity index is 393. The first-order valence-electron chi connectivity index (χ1n) is 5.66. The second-order valence-electron chi connectivity index (χ2n) is 4.25. The standard InChI is InChI=1S/C11H15N3O3/c15-9-3-1-2-7(9)6-12-10-5-4-8(11(16)17)13-14-10/h4-5,7,9,15H,1-3,6H2,(H,12,14)(H,16,17). The van der Waals surface area contributed by atoms with Crippen molar-refractivity contribution in [2.24, 2.45) is 5.92 Å². The van der Waals surface area contributed by atoms with Gasteiger partial charge in [-0.05, 0) is 25.0 Å². The molecule has 1 saturated carbocycles. The zero-order chi connectivity index (χ0) is 12.3. The van der Waals surface area contributed by atoms with E-state index in [1.807, 2.05) is 0 Å². The summed E-state index contributed by atoms with van der Waals surface area (Å²) in [4.78, 5) is 10.6. The summed E-state index contributed by atoms with van der Waals surface area (Å²) in [7, 11) is 0. The number of nitrogens with zero attached hydrogens (tertiary/aromatic N) is 2. The molecule has 2 atom stereocenters. The van der Waals surface area contributed by atoms with Gasteiger partial charge in [0.2, 0.25) is 0 Å². The fourth-order valence-corrected chi connectivity index (χ4v) is 2.03. The van der Waals surface area contributed by atoms with Crippen LogP contribution in [0.4, 0.5) is 5.82 Å². The number of nitrogens with one attached hydrogen (secondary N) is 1. The van der Waals surface area contributed by atoms with Crippen LogP contribution in [-0.2, 0) is 0 Å². The molecule has 1 heterocycles. The molecule has 3 N–H and O–H groups in total. The van der Waals surface area contributed by atoms with Gasteiger partial charge in [0.1, 0.15) is 5.82 Å². The van der Waals surface area contributed by atoms with E-state index in [0.29, 0.717) is 12.4 Å². The van der Waals surface area contributed by atoms with E-state index in [2.05, 4.69) is 15.5 Å². The molecule has 0 amide bonds. The molecule has 2 unspecified atom stereocenters. The van der Waals surface area contributed by atoms with Crippen molar-refractivity contribution in [3.05, 3.63) is 17.8 Å². The van der Waals surface area contributed by atoms with Crippen molar-refractivity contribution in [3.8, 4) is 0 Å². The molecule has 0 spiro atoms. The van der Waals surface area contributed by atoms with Gasteiger partial charge in [-0.1, -0.05) is 6.42 Å². The van der Waals surface area contributed by atoms with Gasteiger partial charge in [0.05, 0.1) is 6.10 Å². The van der Waals surface area contributed by atoms with Crippen molar-refractivity contribution in [2.45, 2.75) is 25.4 Å². The van der Waals surface area contributed by atoms with Crippen molar-refractivity contribution < 1.29 is 15.0 Å². The minimum absolute atomic E-state index is 0.0727. The lowest BCUT2D eigenvalue weighted by molar-refractivity contribution is 0.0689. The molecule has 6 heteroatoms. The van der Waals surface area contributed by atoms with Crippen molar-refractivity contribution in [1.29, 1.82) is 0 Å². The SMILES string of the molecule is O=C(O)c1ccc(NCC2CCCC2O)nn1. The predicted octanol–water partition coefficient (Wildman–Crippen LogP) is 0.748. The van der Waals surface area contributed by atoms with Crippen LogP contribution in [0.5, 0.6) is 0 Å². The average Bonchev–Trinajstić information content (AvgIpc) is 2.73. The molecular formula is C11H15N3O3. The van der Waals surface area contributed by atoms with Crippen LogP contribution in [0.15, 0.2) is 12.1 Å². The van der Waals surface area contributed by atoms with Crippen LogP contribution in [0.25, 0.3) is 0 Å². The first kappa shape index (κ1) is 11.8. The minimum Gasteiger partial charge on any atom is -0.476 e. The lowest BCUT2D eigenvalue weighted by atomic mass is 10.1. The molecule has 2 rings (SSSR count). The summed E-state index contributed by atoms with van der Waals surface area (Å²) >= 11 is 0. The van der Waals surface area contributed by atoms with Crippen LogP contribution in [0, 0.1) is 5.92 Å². The summed E-state index contributed by atoms with van der Waals surface area (Å²) in [6, 6.07) is 2.99. The molecule has 0 saturated heterocycles. The Hall–Kier alpha value is -1.69. The third kappa shape index (κ3) is 2.91. The Morgan fingerprint density at radius 1 is 1.41 bits per heavy atom. The molecule has 1 aliphatic rings. The number of aliphatic hydroxyl groups excluding tert-OH is 1. The number of aromatic carboxylic acids is 1. The second kappa shape index (κ2) is 5.09. The van der Waals surface area contributed by atoms with E-state index in [0.717, 1.165) is 19.3 Å². The largest absolute Gasteiger partial charge is 0.476 e. The van der Waals surface area contributed by atoms with Gasteiger partial charge in [-0.2, -0.15) is 0 Å². The van der Waals surface area contributed by atoms with E-state index in [1.165, 1.54) is 6.07 Å². The summed E-state index contributed by atoms with van der Waals surface area (Å²) in [5, 5.41) is 28.7. The number of anilines is 1. The van der Waals surface area contributed by atoms with Crippen LogP contribution < -0.4 is 5.32 Å². The quantitative estimate of drug-likeness (QED) is 0.715. The smallest absolute Gasteiger partial charge is 0.356 e. The molecule has 6 nitrogen and oxygen atoms in total. The normalized spacial score (nSPS) is 23.6. The molecule has 17 heavy (non-hydrogen) atoms. The highest BCUT2D eigenvalue weighted by Crippen LogP contribution is 2.25. The third-order valence-corrected chi connectivity index (χ3v) is 3.05. The van der Waals surface area contributed by atoms with Crippen LogP contribution in [0.2, 0.25) is 0 Å². The van der Waals surface area contributed by atoms with Gasteiger partial charge in [0, 0.05) is 12.5 Å². The average molecular weight is 237 g/mol. The van der Waals surface area contributed by atoms with Gasteiger partial charge in [-0.3, -0.25) is 0 Å². The predicted molar refractivity (Wildman–Crippen MR) is 60.8 cm³/mol. The molecule has 1 fully saturated rings.